The van der Waals surface area contributed by atoms with Crippen LogP contribution < -0.4 is 11.1 Å². The third-order valence-electron chi connectivity index (χ3n) is 2.55. The van der Waals surface area contributed by atoms with Crippen LogP contribution in [0.1, 0.15) is 13.3 Å². The van der Waals surface area contributed by atoms with Crippen molar-refractivity contribution in [3.8, 4) is 0 Å². The molecule has 0 saturated carbocycles. The first-order valence-electron chi connectivity index (χ1n) is 5.99. The van der Waals surface area contributed by atoms with Gasteiger partial charge in [-0.05, 0) is 6.92 Å². The van der Waals surface area contributed by atoms with Gasteiger partial charge in [-0.2, -0.15) is 11.8 Å². The normalized spacial score (nSPS) is 19.4. The molecule has 18 heavy (non-hydrogen) atoms. The summed E-state index contributed by atoms with van der Waals surface area (Å²) >= 11 is 1.76. The van der Waals surface area contributed by atoms with Gasteiger partial charge in [0.1, 0.15) is 0 Å². The molecule has 0 aromatic heterocycles. The molecule has 1 atom stereocenters. The standard InChI is InChI=1S/C10H21N3O3S2/c1-9(11)8-10(14)12-2-7-18(15,16)13-3-5-17-6-4-13/h9H,2-8,11H2,1H3,(H,12,14). The number of nitrogens with zero attached hydrogens (tertiary/aromatic N) is 1. The van der Waals surface area contributed by atoms with Crippen LogP contribution in [-0.4, -0.2) is 61.6 Å². The van der Waals surface area contributed by atoms with Gasteiger partial charge in [-0.3, -0.25) is 4.79 Å². The largest absolute Gasteiger partial charge is 0.355 e. The average Bonchev–Trinajstić information content (AvgIpc) is 2.29. The predicted octanol–water partition coefficient (Wildman–Crippen LogP) is -0.781. The lowest BCUT2D eigenvalue weighted by molar-refractivity contribution is -0.121. The Bertz CT molecular complexity index is 365. The first kappa shape index (κ1) is 15.7. The van der Waals surface area contributed by atoms with E-state index in [-0.39, 0.29) is 30.7 Å². The summed E-state index contributed by atoms with van der Waals surface area (Å²) in [4.78, 5) is 11.3. The second-order valence-electron chi connectivity index (χ2n) is 4.36. The van der Waals surface area contributed by atoms with E-state index in [1.54, 1.807) is 18.7 Å². The minimum absolute atomic E-state index is 0.0393. The van der Waals surface area contributed by atoms with Crippen LogP contribution in [-0.2, 0) is 14.8 Å². The summed E-state index contributed by atoms with van der Waals surface area (Å²) in [5.41, 5.74) is 5.48. The number of thioether (sulfide) groups is 1. The molecule has 1 fully saturated rings. The second kappa shape index (κ2) is 7.32. The van der Waals surface area contributed by atoms with Gasteiger partial charge < -0.3 is 11.1 Å². The zero-order valence-corrected chi connectivity index (χ0v) is 12.2. The Morgan fingerprint density at radius 1 is 1.44 bits per heavy atom. The Hall–Kier alpha value is -0.310. The van der Waals surface area contributed by atoms with Crippen molar-refractivity contribution in [2.75, 3.05) is 36.9 Å². The van der Waals surface area contributed by atoms with Crippen molar-refractivity contribution in [3.05, 3.63) is 0 Å². The highest BCUT2D eigenvalue weighted by Gasteiger charge is 2.23. The monoisotopic (exact) mass is 295 g/mol. The molecule has 0 aliphatic carbocycles. The molecule has 106 valence electrons. The predicted molar refractivity (Wildman–Crippen MR) is 74.0 cm³/mol. The number of nitrogens with two attached hydrogens (primary N) is 1. The number of nitrogens with one attached hydrogen (secondary N) is 1. The summed E-state index contributed by atoms with van der Waals surface area (Å²) in [6, 6.07) is -0.208. The van der Waals surface area contributed by atoms with Crippen molar-refractivity contribution in [2.24, 2.45) is 5.73 Å². The van der Waals surface area contributed by atoms with E-state index in [1.165, 1.54) is 4.31 Å². The Labute approximate surface area is 113 Å². The average molecular weight is 295 g/mol. The maximum absolute atomic E-state index is 11.9. The smallest absolute Gasteiger partial charge is 0.221 e. The number of hydrogen-bond acceptors (Lipinski definition) is 5. The van der Waals surface area contributed by atoms with Gasteiger partial charge in [-0.1, -0.05) is 0 Å². The van der Waals surface area contributed by atoms with Gasteiger partial charge in [0, 0.05) is 43.6 Å². The van der Waals surface area contributed by atoms with Gasteiger partial charge >= 0.3 is 0 Å². The molecule has 6 nitrogen and oxygen atoms in total. The van der Waals surface area contributed by atoms with Gasteiger partial charge in [0.05, 0.1) is 5.75 Å². The molecule has 1 saturated heterocycles. The number of carbonyl (C=O) groups excluding carboxylic acids is 1. The Morgan fingerprint density at radius 3 is 2.61 bits per heavy atom. The van der Waals surface area contributed by atoms with E-state index in [1.807, 2.05) is 0 Å². The Balaban J connectivity index is 2.31. The Kier molecular flexibility index (Phi) is 6.40. The summed E-state index contributed by atoms with van der Waals surface area (Å²) in [6.07, 6.45) is 0.223. The molecule has 1 aliphatic heterocycles. The molecule has 1 amide bonds. The number of carbonyl (C=O) groups is 1. The quantitative estimate of drug-likeness (QED) is 0.670. The number of sulfonamides is 1. The fourth-order valence-corrected chi connectivity index (χ4v) is 4.13. The minimum Gasteiger partial charge on any atom is -0.355 e. The lowest BCUT2D eigenvalue weighted by Crippen LogP contribution is -2.42. The van der Waals surface area contributed by atoms with Crippen LogP contribution in [0.25, 0.3) is 0 Å². The van der Waals surface area contributed by atoms with Gasteiger partial charge in [-0.25, -0.2) is 12.7 Å². The highest BCUT2D eigenvalue weighted by molar-refractivity contribution is 7.99. The minimum atomic E-state index is -3.23. The van der Waals surface area contributed by atoms with Crippen LogP contribution >= 0.6 is 11.8 Å². The zero-order chi connectivity index (χ0) is 13.6. The van der Waals surface area contributed by atoms with Gasteiger partial charge in [-0.15, -0.1) is 0 Å². The van der Waals surface area contributed by atoms with Crippen molar-refractivity contribution in [1.82, 2.24) is 9.62 Å². The van der Waals surface area contributed by atoms with E-state index in [2.05, 4.69) is 5.32 Å². The molecule has 1 unspecified atom stereocenters. The first-order valence-corrected chi connectivity index (χ1v) is 8.76. The number of rotatable bonds is 6. The highest BCUT2D eigenvalue weighted by Crippen LogP contribution is 2.12. The molecule has 1 aliphatic rings. The highest BCUT2D eigenvalue weighted by atomic mass is 32.2. The third-order valence-corrected chi connectivity index (χ3v) is 5.37. The molecule has 0 aromatic rings. The molecule has 0 aromatic carbocycles. The topological polar surface area (TPSA) is 92.5 Å². The van der Waals surface area contributed by atoms with Crippen molar-refractivity contribution in [3.63, 3.8) is 0 Å². The van der Waals surface area contributed by atoms with E-state index in [9.17, 15) is 13.2 Å². The van der Waals surface area contributed by atoms with Crippen LogP contribution in [0, 0.1) is 0 Å². The first-order chi connectivity index (χ1) is 8.42. The molecule has 1 rings (SSSR count). The number of hydrogen-bond donors (Lipinski definition) is 2. The second-order valence-corrected chi connectivity index (χ2v) is 7.67. The van der Waals surface area contributed by atoms with Crippen molar-refractivity contribution < 1.29 is 13.2 Å². The molecule has 0 spiro atoms. The van der Waals surface area contributed by atoms with Crippen molar-refractivity contribution >= 4 is 27.7 Å². The lowest BCUT2D eigenvalue weighted by atomic mass is 10.2. The van der Waals surface area contributed by atoms with Crippen LogP contribution in [0.3, 0.4) is 0 Å². The van der Waals surface area contributed by atoms with Gasteiger partial charge in [0.25, 0.3) is 0 Å². The fraction of sp³-hybridized carbons (Fsp3) is 0.900. The molecule has 8 heteroatoms. The SMILES string of the molecule is CC(N)CC(=O)NCCS(=O)(=O)N1CCSCC1. The van der Waals surface area contributed by atoms with Crippen LogP contribution in [0.2, 0.25) is 0 Å². The molecule has 3 N–H and O–H groups in total. The van der Waals surface area contributed by atoms with Crippen LogP contribution in [0.5, 0.6) is 0 Å². The summed E-state index contributed by atoms with van der Waals surface area (Å²) in [5.74, 6) is 1.45. The molecule has 0 radical (unpaired) electrons. The van der Waals surface area contributed by atoms with E-state index in [4.69, 9.17) is 5.73 Å². The molecule has 1 heterocycles. The summed E-state index contributed by atoms with van der Waals surface area (Å²) in [6.45, 7) is 3.03. The van der Waals surface area contributed by atoms with E-state index in [0.29, 0.717) is 13.1 Å². The van der Waals surface area contributed by atoms with Gasteiger partial charge in [0.15, 0.2) is 0 Å². The maximum Gasteiger partial charge on any atom is 0.221 e. The fourth-order valence-electron chi connectivity index (χ4n) is 1.64. The van der Waals surface area contributed by atoms with Crippen molar-refractivity contribution in [1.29, 1.82) is 0 Å². The molecular formula is C10H21N3O3S2. The van der Waals surface area contributed by atoms with E-state index < -0.39 is 10.0 Å². The van der Waals surface area contributed by atoms with E-state index in [0.717, 1.165) is 11.5 Å². The number of amides is 1. The lowest BCUT2D eigenvalue weighted by Gasteiger charge is -2.25. The third kappa shape index (κ3) is 5.55. The molecular weight excluding hydrogens is 274 g/mol. The summed E-state index contributed by atoms with van der Waals surface area (Å²) in [5, 5.41) is 2.58. The zero-order valence-electron chi connectivity index (χ0n) is 10.6. The maximum atomic E-state index is 11.9. The van der Waals surface area contributed by atoms with Gasteiger partial charge in [0.2, 0.25) is 15.9 Å². The van der Waals surface area contributed by atoms with E-state index >= 15 is 0 Å². The van der Waals surface area contributed by atoms with Crippen LogP contribution in [0.4, 0.5) is 0 Å². The summed E-state index contributed by atoms with van der Waals surface area (Å²) < 4.78 is 25.4. The van der Waals surface area contributed by atoms with Crippen LogP contribution in [0.15, 0.2) is 0 Å². The van der Waals surface area contributed by atoms with Crippen molar-refractivity contribution in [2.45, 2.75) is 19.4 Å². The summed E-state index contributed by atoms with van der Waals surface area (Å²) in [7, 11) is -3.23. The molecule has 0 bridgehead atoms. The Morgan fingerprint density at radius 2 is 2.06 bits per heavy atom.